The summed E-state index contributed by atoms with van der Waals surface area (Å²) in [6.45, 7) is 7.52. The number of likely N-dealkylation sites (tertiary alicyclic amines) is 1. The molecule has 1 aliphatic heterocycles. The van der Waals surface area contributed by atoms with Crippen LogP contribution in [-0.4, -0.2) is 48.3 Å². The van der Waals surface area contributed by atoms with E-state index in [0.717, 1.165) is 23.1 Å². The Hall–Kier alpha value is -3.15. The van der Waals surface area contributed by atoms with Crippen LogP contribution in [0.15, 0.2) is 48.5 Å². The fraction of sp³-hybridized carbons (Fsp3) is 0.423. The van der Waals surface area contributed by atoms with Gasteiger partial charge < -0.3 is 15.5 Å². The first-order valence-corrected chi connectivity index (χ1v) is 11.4. The van der Waals surface area contributed by atoms with Gasteiger partial charge in [0.25, 0.3) is 11.8 Å². The first-order valence-electron chi connectivity index (χ1n) is 11.4. The van der Waals surface area contributed by atoms with Crippen molar-refractivity contribution in [2.45, 2.75) is 46.1 Å². The topological polar surface area (TPSA) is 78.5 Å². The van der Waals surface area contributed by atoms with Crippen molar-refractivity contribution in [1.29, 1.82) is 0 Å². The molecule has 0 aromatic heterocycles. The molecule has 0 saturated carbocycles. The van der Waals surface area contributed by atoms with E-state index >= 15 is 0 Å². The number of aryl methyl sites for hydroxylation is 2. The summed E-state index contributed by atoms with van der Waals surface area (Å²) in [5.74, 6) is -0.395. The molecule has 1 unspecified atom stereocenters. The average molecular weight is 436 g/mol. The van der Waals surface area contributed by atoms with Gasteiger partial charge in [-0.05, 0) is 62.3 Å². The summed E-state index contributed by atoms with van der Waals surface area (Å²) >= 11 is 0. The Morgan fingerprint density at radius 2 is 1.50 bits per heavy atom. The number of nitrogens with one attached hydrogen (secondary N) is 2. The molecule has 1 saturated heterocycles. The first kappa shape index (κ1) is 23.5. The summed E-state index contributed by atoms with van der Waals surface area (Å²) in [6.07, 6.45) is 2.15. The van der Waals surface area contributed by atoms with Crippen LogP contribution in [0, 0.1) is 19.8 Å². The van der Waals surface area contributed by atoms with E-state index < -0.39 is 6.04 Å². The van der Waals surface area contributed by atoms with Crippen molar-refractivity contribution in [3.8, 4) is 0 Å². The fourth-order valence-electron chi connectivity index (χ4n) is 4.22. The molecule has 170 valence electrons. The number of benzene rings is 2. The largest absolute Gasteiger partial charge is 0.354 e. The van der Waals surface area contributed by atoms with Gasteiger partial charge in [0.1, 0.15) is 6.04 Å². The zero-order valence-corrected chi connectivity index (χ0v) is 19.2. The third-order valence-corrected chi connectivity index (χ3v) is 6.18. The van der Waals surface area contributed by atoms with E-state index in [1.54, 1.807) is 6.07 Å². The van der Waals surface area contributed by atoms with Gasteiger partial charge in [0, 0.05) is 30.8 Å². The predicted molar refractivity (Wildman–Crippen MR) is 126 cm³/mol. The molecule has 3 rings (SSSR count). The molecule has 3 amide bonds. The van der Waals surface area contributed by atoms with Crippen molar-refractivity contribution in [2.75, 3.05) is 19.6 Å². The molecule has 32 heavy (non-hydrogen) atoms. The highest BCUT2D eigenvalue weighted by Crippen LogP contribution is 2.24. The Labute approximate surface area is 190 Å². The maximum atomic E-state index is 12.9. The number of carbonyl (C=O) groups is 3. The zero-order chi connectivity index (χ0) is 23.1. The number of carbonyl (C=O) groups excluding carboxylic acids is 3. The molecule has 1 heterocycles. The van der Waals surface area contributed by atoms with Crippen molar-refractivity contribution >= 4 is 17.7 Å². The standard InChI is InChI=1S/C26H33N3O3/c1-4-15-27-25(31)23(28-24(30)21-11-7-5-9-18(21)2)20-13-16-29(17-14-20)26(32)22-12-8-6-10-19(22)3/h5-12,20,23H,4,13-17H2,1-3H3,(H,27,31)(H,28,30). The highest BCUT2D eigenvalue weighted by Gasteiger charge is 2.34. The monoisotopic (exact) mass is 435 g/mol. The van der Waals surface area contributed by atoms with Gasteiger partial charge in [-0.2, -0.15) is 0 Å². The van der Waals surface area contributed by atoms with Gasteiger partial charge in [-0.15, -0.1) is 0 Å². The summed E-state index contributed by atoms with van der Waals surface area (Å²) in [5, 5.41) is 5.92. The molecule has 6 heteroatoms. The van der Waals surface area contributed by atoms with Crippen molar-refractivity contribution in [3.63, 3.8) is 0 Å². The number of hydrogen-bond donors (Lipinski definition) is 2. The molecule has 1 fully saturated rings. The Morgan fingerprint density at radius 1 is 0.938 bits per heavy atom. The fourth-order valence-corrected chi connectivity index (χ4v) is 4.22. The minimum atomic E-state index is -0.621. The van der Waals surface area contributed by atoms with Crippen LogP contribution >= 0.6 is 0 Å². The molecule has 2 aromatic carbocycles. The van der Waals surface area contributed by atoms with Gasteiger partial charge in [-0.3, -0.25) is 14.4 Å². The van der Waals surface area contributed by atoms with E-state index in [-0.39, 0.29) is 23.6 Å². The van der Waals surface area contributed by atoms with Gasteiger partial charge in [0.15, 0.2) is 0 Å². The smallest absolute Gasteiger partial charge is 0.254 e. The normalized spacial score (nSPS) is 15.2. The van der Waals surface area contributed by atoms with Crippen LogP contribution in [0.1, 0.15) is 58.0 Å². The second-order valence-corrected chi connectivity index (χ2v) is 8.50. The number of rotatable bonds is 7. The quantitative estimate of drug-likeness (QED) is 0.699. The highest BCUT2D eigenvalue weighted by molar-refractivity contribution is 5.99. The minimum absolute atomic E-state index is 0.0254. The first-order chi connectivity index (χ1) is 15.4. The maximum Gasteiger partial charge on any atom is 0.254 e. The van der Waals surface area contributed by atoms with E-state index in [2.05, 4.69) is 10.6 Å². The Bertz CT molecular complexity index is 964. The summed E-state index contributed by atoms with van der Waals surface area (Å²) in [5.41, 5.74) is 3.13. The van der Waals surface area contributed by atoms with Gasteiger partial charge >= 0.3 is 0 Å². The Morgan fingerprint density at radius 3 is 2.06 bits per heavy atom. The molecular formula is C26H33N3O3. The lowest BCUT2D eigenvalue weighted by Crippen LogP contribution is -2.54. The van der Waals surface area contributed by atoms with Gasteiger partial charge in [0.05, 0.1) is 0 Å². The molecule has 0 bridgehead atoms. The molecule has 0 spiro atoms. The lowest BCUT2D eigenvalue weighted by atomic mass is 9.88. The van der Waals surface area contributed by atoms with Crippen LogP contribution in [0.3, 0.4) is 0 Å². The van der Waals surface area contributed by atoms with E-state index in [1.807, 2.05) is 68.1 Å². The van der Waals surface area contributed by atoms with Crippen molar-refractivity contribution in [1.82, 2.24) is 15.5 Å². The molecule has 1 aliphatic rings. The van der Waals surface area contributed by atoms with Crippen LogP contribution in [0.2, 0.25) is 0 Å². The van der Waals surface area contributed by atoms with Gasteiger partial charge in [-0.1, -0.05) is 43.3 Å². The van der Waals surface area contributed by atoms with Gasteiger partial charge in [-0.25, -0.2) is 0 Å². The number of piperidine rings is 1. The lowest BCUT2D eigenvalue weighted by Gasteiger charge is -2.36. The molecule has 2 N–H and O–H groups in total. The van der Waals surface area contributed by atoms with E-state index in [9.17, 15) is 14.4 Å². The van der Waals surface area contributed by atoms with E-state index in [1.165, 1.54) is 0 Å². The zero-order valence-electron chi connectivity index (χ0n) is 19.2. The van der Waals surface area contributed by atoms with Crippen LogP contribution in [0.4, 0.5) is 0 Å². The second-order valence-electron chi connectivity index (χ2n) is 8.50. The minimum Gasteiger partial charge on any atom is -0.354 e. The Balaban J connectivity index is 1.70. The maximum absolute atomic E-state index is 12.9. The summed E-state index contributed by atoms with van der Waals surface area (Å²) in [6, 6.07) is 14.3. The van der Waals surface area contributed by atoms with Crippen LogP contribution in [0.5, 0.6) is 0 Å². The van der Waals surface area contributed by atoms with Gasteiger partial charge in [0.2, 0.25) is 5.91 Å². The molecule has 6 nitrogen and oxygen atoms in total. The third-order valence-electron chi connectivity index (χ3n) is 6.18. The third kappa shape index (κ3) is 5.55. The average Bonchev–Trinajstić information content (AvgIpc) is 2.81. The van der Waals surface area contributed by atoms with E-state index in [0.29, 0.717) is 38.0 Å². The Kier molecular flexibility index (Phi) is 8.03. The molecule has 0 aliphatic carbocycles. The number of nitrogens with zero attached hydrogens (tertiary/aromatic N) is 1. The molecule has 0 radical (unpaired) electrons. The number of hydrogen-bond acceptors (Lipinski definition) is 3. The molecular weight excluding hydrogens is 402 g/mol. The van der Waals surface area contributed by atoms with Crippen molar-refractivity contribution in [3.05, 3.63) is 70.8 Å². The SMILES string of the molecule is CCCNC(=O)C(NC(=O)c1ccccc1C)C1CCN(C(=O)c2ccccc2C)CC1. The van der Waals surface area contributed by atoms with Crippen LogP contribution in [-0.2, 0) is 4.79 Å². The predicted octanol–water partition coefficient (Wildman–Crippen LogP) is 3.48. The second kappa shape index (κ2) is 10.9. The van der Waals surface area contributed by atoms with E-state index in [4.69, 9.17) is 0 Å². The van der Waals surface area contributed by atoms with Crippen LogP contribution < -0.4 is 10.6 Å². The summed E-state index contributed by atoms with van der Waals surface area (Å²) in [7, 11) is 0. The molecule has 1 atom stereocenters. The summed E-state index contributed by atoms with van der Waals surface area (Å²) in [4.78, 5) is 40.7. The number of amides is 3. The summed E-state index contributed by atoms with van der Waals surface area (Å²) < 4.78 is 0. The lowest BCUT2D eigenvalue weighted by molar-refractivity contribution is -0.124. The highest BCUT2D eigenvalue weighted by atomic mass is 16.2. The van der Waals surface area contributed by atoms with Crippen molar-refractivity contribution in [2.24, 2.45) is 5.92 Å². The van der Waals surface area contributed by atoms with Crippen molar-refractivity contribution < 1.29 is 14.4 Å². The van der Waals surface area contributed by atoms with Crippen LogP contribution in [0.25, 0.3) is 0 Å². The molecule has 2 aromatic rings.